The van der Waals surface area contributed by atoms with E-state index in [1.165, 1.54) is 11.3 Å². The first-order valence-electron chi connectivity index (χ1n) is 12.3. The highest BCUT2D eigenvalue weighted by Gasteiger charge is 2.35. The van der Waals surface area contributed by atoms with Gasteiger partial charge in [-0.25, -0.2) is 9.48 Å². The Balaban J connectivity index is 1.44. The lowest BCUT2D eigenvalue weighted by Crippen LogP contribution is -2.41. The Morgan fingerprint density at radius 3 is 2.71 bits per heavy atom. The van der Waals surface area contributed by atoms with E-state index in [1.807, 2.05) is 70.3 Å². The minimum absolute atomic E-state index is 0.0318. The first-order valence-corrected chi connectivity index (χ1v) is 12.3. The lowest BCUT2D eigenvalue weighted by atomic mass is 10.0. The molecule has 0 atom stereocenters. The minimum atomic E-state index is -0.0318. The summed E-state index contributed by atoms with van der Waals surface area (Å²) in [6.45, 7) is 7.52. The molecule has 182 valence electrons. The molecule has 1 aliphatic carbocycles. The van der Waals surface area contributed by atoms with Crippen molar-refractivity contribution in [1.29, 1.82) is 0 Å². The number of methoxy groups -OCH3 is 1. The Labute approximate surface area is 207 Å². The molecule has 35 heavy (non-hydrogen) atoms. The Kier molecular flexibility index (Phi) is 6.86. The van der Waals surface area contributed by atoms with Crippen molar-refractivity contribution in [2.75, 3.05) is 20.2 Å². The molecular formula is C28H33N5O2. The SMILES string of the molecule is C=CCN1CCc2c(c(CN(C(=O)NCc3ccccc3)C3CC3)nn2-c2ccccc2OC)C1. The summed E-state index contributed by atoms with van der Waals surface area (Å²) in [6.07, 6.45) is 4.91. The van der Waals surface area contributed by atoms with Crippen molar-refractivity contribution in [2.45, 2.75) is 44.9 Å². The topological polar surface area (TPSA) is 62.6 Å². The van der Waals surface area contributed by atoms with Crippen LogP contribution in [-0.4, -0.2) is 51.9 Å². The Hall–Kier alpha value is -3.58. The fourth-order valence-corrected chi connectivity index (χ4v) is 4.80. The van der Waals surface area contributed by atoms with Gasteiger partial charge in [-0.15, -0.1) is 6.58 Å². The van der Waals surface area contributed by atoms with Crippen molar-refractivity contribution in [1.82, 2.24) is 24.9 Å². The van der Waals surface area contributed by atoms with E-state index in [2.05, 4.69) is 16.8 Å². The summed E-state index contributed by atoms with van der Waals surface area (Å²) in [4.78, 5) is 17.6. The van der Waals surface area contributed by atoms with Crippen LogP contribution in [0.2, 0.25) is 0 Å². The van der Waals surface area contributed by atoms with E-state index in [9.17, 15) is 4.79 Å². The molecule has 1 aliphatic heterocycles. The number of urea groups is 1. The zero-order valence-corrected chi connectivity index (χ0v) is 20.3. The number of nitrogens with zero attached hydrogens (tertiary/aromatic N) is 4. The van der Waals surface area contributed by atoms with Crippen LogP contribution in [0.4, 0.5) is 4.79 Å². The molecule has 7 nitrogen and oxygen atoms in total. The van der Waals surface area contributed by atoms with Crippen LogP contribution in [0.15, 0.2) is 67.3 Å². The summed E-state index contributed by atoms with van der Waals surface area (Å²) < 4.78 is 7.67. The number of amides is 2. The number of carbonyl (C=O) groups excluding carboxylic acids is 1. The summed E-state index contributed by atoms with van der Waals surface area (Å²) in [6, 6.07) is 18.2. The molecule has 2 amide bonds. The second kappa shape index (κ2) is 10.4. The van der Waals surface area contributed by atoms with Crippen LogP contribution in [0.25, 0.3) is 5.69 Å². The van der Waals surface area contributed by atoms with Gasteiger partial charge < -0.3 is 15.0 Å². The number of rotatable bonds is 9. The van der Waals surface area contributed by atoms with Crippen LogP contribution in [0.5, 0.6) is 5.75 Å². The maximum atomic E-state index is 13.3. The molecule has 7 heteroatoms. The summed E-state index contributed by atoms with van der Waals surface area (Å²) in [5.74, 6) is 0.789. The second-order valence-electron chi connectivity index (χ2n) is 9.23. The third-order valence-corrected chi connectivity index (χ3v) is 6.78. The maximum Gasteiger partial charge on any atom is 0.318 e. The molecule has 2 aliphatic rings. The fourth-order valence-electron chi connectivity index (χ4n) is 4.80. The second-order valence-corrected chi connectivity index (χ2v) is 9.23. The maximum absolute atomic E-state index is 13.3. The van der Waals surface area contributed by atoms with Crippen LogP contribution >= 0.6 is 0 Å². The quantitative estimate of drug-likeness (QED) is 0.473. The average Bonchev–Trinajstić information content (AvgIpc) is 3.68. The molecule has 0 spiro atoms. The van der Waals surface area contributed by atoms with Crippen molar-refractivity contribution in [3.63, 3.8) is 0 Å². The summed E-state index contributed by atoms with van der Waals surface area (Å²) in [5, 5.41) is 8.19. The van der Waals surface area contributed by atoms with Gasteiger partial charge in [0.05, 0.1) is 25.0 Å². The van der Waals surface area contributed by atoms with Crippen molar-refractivity contribution in [2.24, 2.45) is 0 Å². The summed E-state index contributed by atoms with van der Waals surface area (Å²) >= 11 is 0. The molecule has 1 aromatic heterocycles. The molecule has 5 rings (SSSR count). The molecule has 3 aromatic rings. The van der Waals surface area contributed by atoms with Gasteiger partial charge in [0.15, 0.2) is 0 Å². The number of hydrogen-bond donors (Lipinski definition) is 1. The van der Waals surface area contributed by atoms with Gasteiger partial charge in [-0.1, -0.05) is 48.5 Å². The molecule has 0 radical (unpaired) electrons. The smallest absolute Gasteiger partial charge is 0.318 e. The predicted molar refractivity (Wildman–Crippen MR) is 137 cm³/mol. The zero-order chi connectivity index (χ0) is 24.2. The van der Waals surface area contributed by atoms with E-state index in [1.54, 1.807) is 7.11 Å². The first kappa shape index (κ1) is 23.2. The van der Waals surface area contributed by atoms with E-state index in [0.717, 1.165) is 61.6 Å². The molecule has 1 saturated carbocycles. The lowest BCUT2D eigenvalue weighted by molar-refractivity contribution is 0.190. The fraction of sp³-hybridized carbons (Fsp3) is 0.357. The number of fused-ring (bicyclic) bond motifs is 1. The van der Waals surface area contributed by atoms with Gasteiger partial charge in [0, 0.05) is 44.2 Å². The van der Waals surface area contributed by atoms with Gasteiger partial charge in [0.25, 0.3) is 0 Å². The zero-order valence-electron chi connectivity index (χ0n) is 20.3. The number of benzene rings is 2. The number of carbonyl (C=O) groups is 1. The highest BCUT2D eigenvalue weighted by Crippen LogP contribution is 2.33. The van der Waals surface area contributed by atoms with E-state index in [4.69, 9.17) is 9.84 Å². The van der Waals surface area contributed by atoms with Gasteiger partial charge in [-0.05, 0) is 30.5 Å². The van der Waals surface area contributed by atoms with Crippen molar-refractivity contribution in [3.8, 4) is 11.4 Å². The largest absolute Gasteiger partial charge is 0.494 e. The molecule has 0 saturated heterocycles. The standard InChI is InChI=1S/C28H33N5O2/c1-3-16-31-17-15-25-23(19-31)24(30-33(25)26-11-7-8-12-27(26)35-2)20-32(22-13-14-22)28(34)29-18-21-9-5-4-6-10-21/h3-12,22H,1,13-20H2,2H3,(H,29,34). The van der Waals surface area contributed by atoms with E-state index < -0.39 is 0 Å². The summed E-state index contributed by atoms with van der Waals surface area (Å²) in [5.41, 5.74) is 5.40. The van der Waals surface area contributed by atoms with Crippen LogP contribution in [0.3, 0.4) is 0 Å². The van der Waals surface area contributed by atoms with Gasteiger partial charge in [0.2, 0.25) is 0 Å². The van der Waals surface area contributed by atoms with Crippen LogP contribution in [-0.2, 0) is 26.1 Å². The molecule has 0 unspecified atom stereocenters. The van der Waals surface area contributed by atoms with E-state index in [0.29, 0.717) is 13.1 Å². The van der Waals surface area contributed by atoms with Crippen molar-refractivity contribution in [3.05, 3.63) is 89.8 Å². The molecular weight excluding hydrogens is 438 g/mol. The normalized spacial score (nSPS) is 15.3. The highest BCUT2D eigenvalue weighted by atomic mass is 16.5. The van der Waals surface area contributed by atoms with Crippen molar-refractivity contribution >= 4 is 6.03 Å². The monoisotopic (exact) mass is 471 g/mol. The number of ether oxygens (including phenoxy) is 1. The first-order chi connectivity index (χ1) is 17.2. The number of nitrogens with one attached hydrogen (secondary N) is 1. The minimum Gasteiger partial charge on any atom is -0.494 e. The number of aromatic nitrogens is 2. The Morgan fingerprint density at radius 1 is 1.20 bits per heavy atom. The van der Waals surface area contributed by atoms with Crippen LogP contribution in [0, 0.1) is 0 Å². The highest BCUT2D eigenvalue weighted by molar-refractivity contribution is 5.75. The number of para-hydroxylation sites is 2. The third kappa shape index (κ3) is 5.10. The number of hydrogen-bond acceptors (Lipinski definition) is 4. The van der Waals surface area contributed by atoms with Gasteiger partial charge in [0.1, 0.15) is 11.4 Å². The van der Waals surface area contributed by atoms with Crippen molar-refractivity contribution < 1.29 is 9.53 Å². The summed E-state index contributed by atoms with van der Waals surface area (Å²) in [7, 11) is 1.69. The van der Waals surface area contributed by atoms with Gasteiger partial charge >= 0.3 is 6.03 Å². The molecule has 2 aromatic carbocycles. The van der Waals surface area contributed by atoms with Gasteiger partial charge in [-0.3, -0.25) is 4.90 Å². The van der Waals surface area contributed by atoms with Crippen LogP contribution in [0.1, 0.15) is 35.4 Å². The predicted octanol–water partition coefficient (Wildman–Crippen LogP) is 4.30. The molecule has 1 N–H and O–H groups in total. The molecule has 1 fully saturated rings. The lowest BCUT2D eigenvalue weighted by Gasteiger charge is -2.28. The van der Waals surface area contributed by atoms with Gasteiger partial charge in [-0.2, -0.15) is 5.10 Å². The average molecular weight is 472 g/mol. The molecule has 2 heterocycles. The third-order valence-electron chi connectivity index (χ3n) is 6.78. The Bertz CT molecular complexity index is 1190. The van der Waals surface area contributed by atoms with E-state index in [-0.39, 0.29) is 12.1 Å². The molecule has 0 bridgehead atoms. The Morgan fingerprint density at radius 2 is 1.97 bits per heavy atom. The van der Waals surface area contributed by atoms with E-state index >= 15 is 0 Å². The van der Waals surface area contributed by atoms with Crippen LogP contribution < -0.4 is 10.1 Å².